The predicted molar refractivity (Wildman–Crippen MR) is 69.7 cm³/mol. The fraction of sp³-hybridized carbons (Fsp3) is 0.455. The number of rotatable bonds is 2. The molecule has 0 saturated heterocycles. The van der Waals surface area contributed by atoms with Gasteiger partial charge in [-0.25, -0.2) is 4.57 Å². The summed E-state index contributed by atoms with van der Waals surface area (Å²) in [7, 11) is -4.50. The molecule has 0 fully saturated rings. The molecule has 1 rings (SSSR count). The van der Waals surface area contributed by atoms with Crippen molar-refractivity contribution in [3.05, 3.63) is 29.3 Å². The van der Waals surface area contributed by atoms with E-state index in [-0.39, 0.29) is 30.0 Å². The van der Waals surface area contributed by atoms with Gasteiger partial charge in [0.2, 0.25) is 0 Å². The van der Waals surface area contributed by atoms with Crippen LogP contribution in [0.1, 0.15) is 31.9 Å². The van der Waals surface area contributed by atoms with Crippen LogP contribution in [-0.4, -0.2) is 28.6 Å². The maximum absolute atomic E-state index is 10.8. The molecule has 0 radical (unpaired) electrons. The minimum atomic E-state index is -4.50. The molecule has 17 heavy (non-hydrogen) atoms. The third-order valence-corrected chi connectivity index (χ3v) is 2.59. The van der Waals surface area contributed by atoms with Crippen LogP contribution in [0.2, 0.25) is 0 Å². The summed E-state index contributed by atoms with van der Waals surface area (Å²) >= 11 is 0. The topological polar surface area (TPSA) is 66.8 Å². The van der Waals surface area contributed by atoms with Gasteiger partial charge in [-0.2, -0.15) is 0 Å². The molecule has 0 bridgehead atoms. The second-order valence-corrected chi connectivity index (χ2v) is 6.00. The third kappa shape index (κ3) is 5.29. The van der Waals surface area contributed by atoms with Gasteiger partial charge in [0.1, 0.15) is 5.75 Å². The van der Waals surface area contributed by atoms with Gasteiger partial charge in [-0.05, 0) is 18.4 Å². The number of hydrogen-bond acceptors (Lipinski definition) is 2. The molecule has 0 spiro atoms. The van der Waals surface area contributed by atoms with Gasteiger partial charge in [-0.15, -0.1) is 0 Å². The van der Waals surface area contributed by atoms with Crippen LogP contribution in [0.5, 0.6) is 5.75 Å². The third-order valence-electron chi connectivity index (χ3n) is 2.16. The van der Waals surface area contributed by atoms with Crippen LogP contribution in [0.4, 0.5) is 0 Å². The molecular weight excluding hydrogens is 234 g/mol. The molecule has 0 aliphatic heterocycles. The molecule has 0 aliphatic rings. The Morgan fingerprint density at radius 2 is 1.76 bits per heavy atom. The van der Waals surface area contributed by atoms with Crippen molar-refractivity contribution in [1.29, 1.82) is 0 Å². The van der Waals surface area contributed by atoms with Crippen LogP contribution in [0.25, 0.3) is 0 Å². The van der Waals surface area contributed by atoms with Gasteiger partial charge >= 0.3 is 26.7 Å². The van der Waals surface area contributed by atoms with Gasteiger partial charge in [0, 0.05) is 5.56 Å². The molecule has 4 nitrogen and oxygen atoms in total. The zero-order chi connectivity index (χ0) is 12.6. The van der Waals surface area contributed by atoms with Crippen molar-refractivity contribution in [2.24, 2.45) is 0 Å². The molecule has 1 aromatic rings. The molecule has 0 atom stereocenters. The van der Waals surface area contributed by atoms with Gasteiger partial charge in [0.25, 0.3) is 0 Å². The second kappa shape index (κ2) is 5.61. The van der Waals surface area contributed by atoms with E-state index in [9.17, 15) is 4.57 Å². The van der Waals surface area contributed by atoms with Crippen molar-refractivity contribution >= 4 is 26.7 Å². The fourth-order valence-corrected chi connectivity index (χ4v) is 1.85. The summed E-state index contributed by atoms with van der Waals surface area (Å²) in [6.45, 7) is 7.83. The molecule has 6 heteroatoms. The van der Waals surface area contributed by atoms with E-state index in [0.717, 1.165) is 11.1 Å². The van der Waals surface area contributed by atoms with E-state index in [4.69, 9.17) is 9.79 Å². The Labute approximate surface area is 114 Å². The average molecular weight is 252 g/mol. The molecule has 0 saturated carbocycles. The molecular formula is C11H18LiO4P. The van der Waals surface area contributed by atoms with Crippen molar-refractivity contribution in [3.8, 4) is 5.75 Å². The predicted octanol–water partition coefficient (Wildman–Crippen LogP) is 2.12. The van der Waals surface area contributed by atoms with E-state index in [1.54, 1.807) is 12.1 Å². The first-order chi connectivity index (χ1) is 7.09. The molecule has 0 aromatic heterocycles. The SMILES string of the molecule is Cc1ccc(OP(=O)(O)O)c(C(C)(C)C)c1.[LiH]. The molecule has 0 unspecified atom stereocenters. The van der Waals surface area contributed by atoms with Gasteiger partial charge in [0.15, 0.2) is 0 Å². The molecule has 0 heterocycles. The van der Waals surface area contributed by atoms with Crippen LogP contribution in [0.15, 0.2) is 18.2 Å². The van der Waals surface area contributed by atoms with Crippen molar-refractivity contribution in [1.82, 2.24) is 0 Å². The minimum absolute atomic E-state index is 0. The molecule has 92 valence electrons. The van der Waals surface area contributed by atoms with Crippen molar-refractivity contribution < 1.29 is 18.9 Å². The van der Waals surface area contributed by atoms with Crippen LogP contribution < -0.4 is 4.52 Å². The average Bonchev–Trinajstić information content (AvgIpc) is 2.04. The summed E-state index contributed by atoms with van der Waals surface area (Å²) in [5.41, 5.74) is 1.59. The molecule has 2 N–H and O–H groups in total. The van der Waals surface area contributed by atoms with Gasteiger partial charge in [-0.1, -0.05) is 38.5 Å². The van der Waals surface area contributed by atoms with Crippen LogP contribution in [0.3, 0.4) is 0 Å². The van der Waals surface area contributed by atoms with Crippen molar-refractivity contribution in [3.63, 3.8) is 0 Å². The number of phosphoric ester groups is 1. The Morgan fingerprint density at radius 1 is 1.24 bits per heavy atom. The summed E-state index contributed by atoms with van der Waals surface area (Å²) in [6.07, 6.45) is 0. The summed E-state index contributed by atoms with van der Waals surface area (Å²) < 4.78 is 15.5. The Morgan fingerprint density at radius 3 is 2.18 bits per heavy atom. The van der Waals surface area contributed by atoms with Gasteiger partial charge in [0.05, 0.1) is 0 Å². The molecule has 1 aromatic carbocycles. The Bertz CT molecular complexity index is 434. The first-order valence-corrected chi connectivity index (χ1v) is 6.49. The van der Waals surface area contributed by atoms with Crippen molar-refractivity contribution in [2.75, 3.05) is 0 Å². The van der Waals surface area contributed by atoms with E-state index in [0.29, 0.717) is 0 Å². The maximum atomic E-state index is 10.8. The summed E-state index contributed by atoms with van der Waals surface area (Å²) in [5.74, 6) is 0.242. The Hall–Kier alpha value is -0.233. The number of hydrogen-bond donors (Lipinski definition) is 2. The standard InChI is InChI=1S/C11H17O4P.Li.H/c1-8-5-6-10(15-16(12,13)14)9(7-8)11(2,3)4;;/h5-7H,1-4H3,(H2,12,13,14);;. The zero-order valence-corrected chi connectivity index (χ0v) is 10.8. The normalized spacial score (nSPS) is 11.9. The second-order valence-electron chi connectivity index (χ2n) is 4.83. The molecule has 0 amide bonds. The van der Waals surface area contributed by atoms with Crippen LogP contribution in [-0.2, 0) is 9.98 Å². The van der Waals surface area contributed by atoms with E-state index >= 15 is 0 Å². The number of phosphoric acid groups is 1. The monoisotopic (exact) mass is 252 g/mol. The fourth-order valence-electron chi connectivity index (χ4n) is 1.44. The van der Waals surface area contributed by atoms with E-state index < -0.39 is 7.82 Å². The van der Waals surface area contributed by atoms with Crippen LogP contribution >= 0.6 is 7.82 Å². The quantitative estimate of drug-likeness (QED) is 0.625. The summed E-state index contributed by atoms with van der Waals surface area (Å²) in [5, 5.41) is 0. The first kappa shape index (κ1) is 16.8. The summed E-state index contributed by atoms with van der Waals surface area (Å²) in [6, 6.07) is 5.24. The van der Waals surface area contributed by atoms with E-state index in [1.165, 1.54) is 0 Å². The van der Waals surface area contributed by atoms with E-state index in [1.807, 2.05) is 33.8 Å². The Kier molecular flexibility index (Phi) is 5.53. The van der Waals surface area contributed by atoms with E-state index in [2.05, 4.69) is 4.52 Å². The zero-order valence-electron chi connectivity index (χ0n) is 9.89. The number of aryl methyl sites for hydroxylation is 1. The van der Waals surface area contributed by atoms with Crippen LogP contribution in [0, 0.1) is 6.92 Å². The Balaban J connectivity index is 0.00000256. The van der Waals surface area contributed by atoms with Crippen molar-refractivity contribution in [2.45, 2.75) is 33.1 Å². The molecule has 0 aliphatic carbocycles. The van der Waals surface area contributed by atoms with Gasteiger partial charge < -0.3 is 4.52 Å². The summed E-state index contributed by atoms with van der Waals surface area (Å²) in [4.78, 5) is 17.6. The van der Waals surface area contributed by atoms with Gasteiger partial charge in [-0.3, -0.25) is 9.79 Å². The number of benzene rings is 1. The first-order valence-electron chi connectivity index (χ1n) is 4.96.